The number of benzene rings is 1. The summed E-state index contributed by atoms with van der Waals surface area (Å²) in [6.07, 6.45) is 0.497. The molecule has 5 heteroatoms. The summed E-state index contributed by atoms with van der Waals surface area (Å²) in [4.78, 5) is 0.346. The first kappa shape index (κ1) is 14.2. The van der Waals surface area contributed by atoms with Crippen molar-refractivity contribution in [2.24, 2.45) is 5.73 Å². The van der Waals surface area contributed by atoms with Crippen LogP contribution in [-0.4, -0.2) is 27.4 Å². The fourth-order valence-corrected chi connectivity index (χ4v) is 2.87. The van der Waals surface area contributed by atoms with E-state index in [2.05, 4.69) is 0 Å². The molecular weight excluding hydrogens is 238 g/mol. The fraction of sp³-hybridized carbons (Fsp3) is 0.500. The van der Waals surface area contributed by atoms with Gasteiger partial charge in [-0.15, -0.1) is 0 Å². The maximum Gasteiger partial charge on any atom is 0.181 e. The van der Waals surface area contributed by atoms with E-state index in [4.69, 9.17) is 10.5 Å². The summed E-state index contributed by atoms with van der Waals surface area (Å²) in [6, 6.07) is 6.72. The Morgan fingerprint density at radius 2 is 1.88 bits per heavy atom. The van der Waals surface area contributed by atoms with E-state index < -0.39 is 15.1 Å². The number of ether oxygens (including phenoxy) is 1. The highest BCUT2D eigenvalue weighted by atomic mass is 32.2. The lowest BCUT2D eigenvalue weighted by atomic mass is 10.2. The van der Waals surface area contributed by atoms with Gasteiger partial charge in [0.1, 0.15) is 0 Å². The number of sulfone groups is 1. The second-order valence-corrected chi connectivity index (χ2v) is 6.35. The molecule has 0 saturated carbocycles. The van der Waals surface area contributed by atoms with Crippen LogP contribution in [0, 0.1) is 0 Å². The van der Waals surface area contributed by atoms with E-state index in [0.29, 0.717) is 24.5 Å². The standard InChI is InChI=1S/C12H19NO3S/c1-10(7-8-16-2)17(14,15)12-5-3-11(9-13)4-6-12/h3-6,10H,7-9,13H2,1-2H3/t10-/m1/s1. The van der Waals surface area contributed by atoms with Crippen molar-refractivity contribution in [1.82, 2.24) is 0 Å². The molecule has 0 aliphatic rings. The van der Waals surface area contributed by atoms with Crippen LogP contribution in [0.25, 0.3) is 0 Å². The number of rotatable bonds is 6. The van der Waals surface area contributed by atoms with Gasteiger partial charge in [0.2, 0.25) is 0 Å². The van der Waals surface area contributed by atoms with Crippen LogP contribution < -0.4 is 5.73 Å². The van der Waals surface area contributed by atoms with E-state index in [1.807, 2.05) is 0 Å². The number of hydrogen-bond acceptors (Lipinski definition) is 4. The average Bonchev–Trinajstić information content (AvgIpc) is 2.35. The zero-order chi connectivity index (χ0) is 12.9. The molecule has 1 rings (SSSR count). The Morgan fingerprint density at radius 3 is 2.35 bits per heavy atom. The van der Waals surface area contributed by atoms with Crippen LogP contribution in [0.5, 0.6) is 0 Å². The van der Waals surface area contributed by atoms with E-state index in [1.165, 1.54) is 0 Å². The summed E-state index contributed by atoms with van der Waals surface area (Å²) in [5.41, 5.74) is 6.39. The van der Waals surface area contributed by atoms with Crippen molar-refractivity contribution in [2.45, 2.75) is 30.0 Å². The first-order valence-electron chi connectivity index (χ1n) is 5.54. The summed E-state index contributed by atoms with van der Waals surface area (Å²) >= 11 is 0. The fourth-order valence-electron chi connectivity index (χ4n) is 1.49. The molecule has 0 fully saturated rings. The van der Waals surface area contributed by atoms with Gasteiger partial charge in [-0.25, -0.2) is 8.42 Å². The molecule has 0 radical (unpaired) electrons. The topological polar surface area (TPSA) is 69.4 Å². The molecule has 0 spiro atoms. The van der Waals surface area contributed by atoms with Gasteiger partial charge in [-0.05, 0) is 31.0 Å². The largest absolute Gasteiger partial charge is 0.385 e. The highest BCUT2D eigenvalue weighted by Crippen LogP contribution is 2.18. The summed E-state index contributed by atoms with van der Waals surface area (Å²) in [7, 11) is -1.69. The van der Waals surface area contributed by atoms with E-state index in [-0.39, 0.29) is 0 Å². The summed E-state index contributed by atoms with van der Waals surface area (Å²) in [5.74, 6) is 0. The van der Waals surface area contributed by atoms with Gasteiger partial charge in [0.05, 0.1) is 10.1 Å². The maximum atomic E-state index is 12.2. The molecule has 0 aliphatic heterocycles. The third-order valence-corrected chi connectivity index (χ3v) is 4.97. The normalized spacial score (nSPS) is 13.6. The quantitative estimate of drug-likeness (QED) is 0.835. The zero-order valence-corrected chi connectivity index (χ0v) is 11.0. The van der Waals surface area contributed by atoms with Crippen molar-refractivity contribution >= 4 is 9.84 Å². The molecule has 1 aromatic carbocycles. The van der Waals surface area contributed by atoms with Crippen molar-refractivity contribution in [2.75, 3.05) is 13.7 Å². The zero-order valence-electron chi connectivity index (χ0n) is 10.2. The van der Waals surface area contributed by atoms with Gasteiger partial charge in [-0.3, -0.25) is 0 Å². The minimum absolute atomic E-state index is 0.346. The Morgan fingerprint density at radius 1 is 1.29 bits per heavy atom. The second kappa shape index (κ2) is 6.14. The Hall–Kier alpha value is -0.910. The molecule has 0 aliphatic carbocycles. The van der Waals surface area contributed by atoms with Crippen LogP contribution in [0.1, 0.15) is 18.9 Å². The second-order valence-electron chi connectivity index (χ2n) is 3.99. The van der Waals surface area contributed by atoms with E-state index in [1.54, 1.807) is 38.3 Å². The van der Waals surface area contributed by atoms with Crippen molar-refractivity contribution in [3.63, 3.8) is 0 Å². The van der Waals surface area contributed by atoms with Crippen molar-refractivity contribution in [1.29, 1.82) is 0 Å². The Bertz CT molecular complexity index is 439. The van der Waals surface area contributed by atoms with Crippen LogP contribution >= 0.6 is 0 Å². The van der Waals surface area contributed by atoms with Gasteiger partial charge in [-0.1, -0.05) is 12.1 Å². The summed E-state index contributed by atoms with van der Waals surface area (Å²) in [6.45, 7) is 2.56. The van der Waals surface area contributed by atoms with Gasteiger partial charge in [0.25, 0.3) is 0 Å². The molecule has 0 aromatic heterocycles. The van der Waals surface area contributed by atoms with E-state index >= 15 is 0 Å². The number of nitrogens with two attached hydrogens (primary N) is 1. The number of hydrogen-bond donors (Lipinski definition) is 1. The van der Waals surface area contributed by atoms with Crippen LogP contribution in [0.3, 0.4) is 0 Å². The molecule has 0 saturated heterocycles. The van der Waals surface area contributed by atoms with Crippen LogP contribution in [0.4, 0.5) is 0 Å². The van der Waals surface area contributed by atoms with E-state index in [0.717, 1.165) is 5.56 Å². The predicted octanol–water partition coefficient (Wildman–Crippen LogP) is 1.34. The Labute approximate surface area is 103 Å². The molecule has 1 aromatic rings. The van der Waals surface area contributed by atoms with Crippen molar-refractivity contribution in [3.05, 3.63) is 29.8 Å². The molecule has 4 nitrogen and oxygen atoms in total. The molecule has 0 unspecified atom stereocenters. The molecule has 96 valence electrons. The molecule has 17 heavy (non-hydrogen) atoms. The molecular formula is C12H19NO3S. The third kappa shape index (κ3) is 3.52. The van der Waals surface area contributed by atoms with Gasteiger partial charge >= 0.3 is 0 Å². The van der Waals surface area contributed by atoms with Gasteiger partial charge < -0.3 is 10.5 Å². The Balaban J connectivity index is 2.88. The lowest BCUT2D eigenvalue weighted by Gasteiger charge is -2.12. The average molecular weight is 257 g/mol. The smallest absolute Gasteiger partial charge is 0.181 e. The lowest BCUT2D eigenvalue weighted by molar-refractivity contribution is 0.194. The molecule has 0 bridgehead atoms. The van der Waals surface area contributed by atoms with Gasteiger partial charge in [-0.2, -0.15) is 0 Å². The molecule has 0 amide bonds. The first-order valence-corrected chi connectivity index (χ1v) is 7.09. The van der Waals surface area contributed by atoms with Crippen LogP contribution in [-0.2, 0) is 21.1 Å². The summed E-state index contributed by atoms with van der Waals surface area (Å²) < 4.78 is 29.2. The lowest BCUT2D eigenvalue weighted by Crippen LogP contribution is -2.19. The van der Waals surface area contributed by atoms with Crippen molar-refractivity contribution in [3.8, 4) is 0 Å². The molecule has 2 N–H and O–H groups in total. The monoisotopic (exact) mass is 257 g/mol. The molecule has 0 heterocycles. The highest BCUT2D eigenvalue weighted by molar-refractivity contribution is 7.92. The minimum atomic E-state index is -3.26. The van der Waals surface area contributed by atoms with Crippen molar-refractivity contribution < 1.29 is 13.2 Å². The Kier molecular flexibility index (Phi) is 5.11. The van der Waals surface area contributed by atoms with Gasteiger partial charge in [0.15, 0.2) is 9.84 Å². The van der Waals surface area contributed by atoms with Gasteiger partial charge in [0, 0.05) is 20.3 Å². The molecule has 1 atom stereocenters. The maximum absolute atomic E-state index is 12.2. The number of methoxy groups -OCH3 is 1. The predicted molar refractivity (Wildman–Crippen MR) is 67.5 cm³/mol. The highest BCUT2D eigenvalue weighted by Gasteiger charge is 2.22. The first-order chi connectivity index (χ1) is 8.02. The van der Waals surface area contributed by atoms with E-state index in [9.17, 15) is 8.42 Å². The summed E-state index contributed by atoms with van der Waals surface area (Å²) in [5, 5.41) is -0.439. The minimum Gasteiger partial charge on any atom is -0.385 e. The van der Waals surface area contributed by atoms with Crippen LogP contribution in [0.2, 0.25) is 0 Å². The third-order valence-electron chi connectivity index (χ3n) is 2.75. The van der Waals surface area contributed by atoms with Crippen LogP contribution in [0.15, 0.2) is 29.2 Å². The SMILES string of the molecule is COCC[C@@H](C)S(=O)(=O)c1ccc(CN)cc1.